The third kappa shape index (κ3) is 4.20. The van der Waals surface area contributed by atoms with E-state index in [1.54, 1.807) is 0 Å². The Balaban J connectivity index is 2.61. The minimum Gasteiger partial charge on any atom is -0.480 e. The lowest BCUT2D eigenvalue weighted by Crippen LogP contribution is -2.57. The van der Waals surface area contributed by atoms with E-state index in [0.29, 0.717) is 25.3 Å². The summed E-state index contributed by atoms with van der Waals surface area (Å²) in [6.07, 6.45) is 4.86. The number of nitrogens with one attached hydrogen (secondary N) is 2. The van der Waals surface area contributed by atoms with Gasteiger partial charge in [-0.25, -0.2) is 9.59 Å². The highest BCUT2D eigenvalue weighted by atomic mass is 16.4. The molecule has 1 saturated carbocycles. The topological polar surface area (TPSA) is 78.4 Å². The van der Waals surface area contributed by atoms with Crippen molar-refractivity contribution in [1.29, 1.82) is 0 Å². The predicted molar refractivity (Wildman–Crippen MR) is 69.4 cm³/mol. The van der Waals surface area contributed by atoms with Gasteiger partial charge in [-0.05, 0) is 18.8 Å². The van der Waals surface area contributed by atoms with Crippen molar-refractivity contribution in [1.82, 2.24) is 10.6 Å². The van der Waals surface area contributed by atoms with Crippen LogP contribution in [0.2, 0.25) is 0 Å². The largest absolute Gasteiger partial charge is 0.480 e. The summed E-state index contributed by atoms with van der Waals surface area (Å²) in [5.41, 5.74) is -1.07. The van der Waals surface area contributed by atoms with Crippen LogP contribution in [0.1, 0.15) is 52.4 Å². The Kier molecular flexibility index (Phi) is 5.44. The maximum absolute atomic E-state index is 11.8. The van der Waals surface area contributed by atoms with Gasteiger partial charge in [0.1, 0.15) is 5.54 Å². The van der Waals surface area contributed by atoms with Crippen LogP contribution < -0.4 is 10.6 Å². The first kappa shape index (κ1) is 14.8. The van der Waals surface area contributed by atoms with Crippen molar-refractivity contribution >= 4 is 12.0 Å². The van der Waals surface area contributed by atoms with Gasteiger partial charge in [0, 0.05) is 6.54 Å². The Bertz CT molecular complexity index is 295. The summed E-state index contributed by atoms with van der Waals surface area (Å²) in [5.74, 6) is -0.560. The van der Waals surface area contributed by atoms with Gasteiger partial charge in [0.05, 0.1) is 0 Å². The van der Waals surface area contributed by atoms with Crippen molar-refractivity contribution in [3.05, 3.63) is 0 Å². The number of rotatable bonds is 4. The lowest BCUT2D eigenvalue weighted by Gasteiger charge is -2.29. The van der Waals surface area contributed by atoms with Gasteiger partial charge in [-0.1, -0.05) is 39.5 Å². The van der Waals surface area contributed by atoms with Gasteiger partial charge in [0.2, 0.25) is 0 Å². The molecular weight excluding hydrogens is 232 g/mol. The summed E-state index contributed by atoms with van der Waals surface area (Å²) in [5, 5.41) is 14.8. The Morgan fingerprint density at radius 2 is 1.72 bits per heavy atom. The van der Waals surface area contributed by atoms with Crippen LogP contribution in [-0.2, 0) is 4.79 Å². The molecule has 2 amide bonds. The number of aliphatic carboxylic acids is 1. The zero-order chi connectivity index (χ0) is 13.6. The Morgan fingerprint density at radius 1 is 1.17 bits per heavy atom. The summed E-state index contributed by atoms with van der Waals surface area (Å²) >= 11 is 0. The van der Waals surface area contributed by atoms with E-state index < -0.39 is 11.5 Å². The number of urea groups is 1. The van der Waals surface area contributed by atoms with Crippen molar-refractivity contribution in [3.8, 4) is 0 Å². The van der Waals surface area contributed by atoms with Gasteiger partial charge in [-0.3, -0.25) is 0 Å². The van der Waals surface area contributed by atoms with Crippen LogP contribution in [-0.4, -0.2) is 29.2 Å². The monoisotopic (exact) mass is 256 g/mol. The lowest BCUT2D eigenvalue weighted by atomic mass is 9.90. The number of hydrogen-bond acceptors (Lipinski definition) is 2. The van der Waals surface area contributed by atoms with Crippen LogP contribution in [0.5, 0.6) is 0 Å². The molecule has 0 saturated heterocycles. The Labute approximate surface area is 108 Å². The normalized spacial score (nSPS) is 19.1. The molecule has 0 radical (unpaired) electrons. The van der Waals surface area contributed by atoms with Gasteiger partial charge in [-0.15, -0.1) is 0 Å². The molecule has 0 atom stereocenters. The predicted octanol–water partition coefficient (Wildman–Crippen LogP) is 2.12. The number of hydrogen-bond donors (Lipinski definition) is 3. The Morgan fingerprint density at radius 3 is 2.17 bits per heavy atom. The van der Waals surface area contributed by atoms with Gasteiger partial charge < -0.3 is 15.7 Å². The van der Waals surface area contributed by atoms with Crippen molar-refractivity contribution in [2.45, 2.75) is 57.9 Å². The van der Waals surface area contributed by atoms with E-state index in [0.717, 1.165) is 25.7 Å². The second-order valence-corrected chi connectivity index (χ2v) is 5.53. The summed E-state index contributed by atoms with van der Waals surface area (Å²) in [7, 11) is 0. The lowest BCUT2D eigenvalue weighted by molar-refractivity contribution is -0.145. The van der Waals surface area contributed by atoms with Crippen LogP contribution in [0.25, 0.3) is 0 Å². The summed E-state index contributed by atoms with van der Waals surface area (Å²) in [6, 6.07) is -0.368. The van der Waals surface area contributed by atoms with E-state index in [4.69, 9.17) is 0 Å². The fraction of sp³-hybridized carbons (Fsp3) is 0.846. The number of carbonyl (C=O) groups excluding carboxylic acids is 1. The molecule has 3 N–H and O–H groups in total. The van der Waals surface area contributed by atoms with Crippen molar-refractivity contribution in [3.63, 3.8) is 0 Å². The first-order chi connectivity index (χ1) is 8.46. The molecule has 1 fully saturated rings. The molecule has 104 valence electrons. The first-order valence-corrected chi connectivity index (χ1v) is 6.76. The first-order valence-electron chi connectivity index (χ1n) is 6.76. The molecule has 0 aromatic carbocycles. The van der Waals surface area contributed by atoms with E-state index in [1.165, 1.54) is 0 Å². The molecule has 0 aliphatic heterocycles. The highest BCUT2D eigenvalue weighted by molar-refractivity contribution is 5.86. The van der Waals surface area contributed by atoms with Crippen molar-refractivity contribution < 1.29 is 14.7 Å². The number of carboxylic acids is 1. The summed E-state index contributed by atoms with van der Waals surface area (Å²) < 4.78 is 0. The van der Waals surface area contributed by atoms with Gasteiger partial charge >= 0.3 is 12.0 Å². The zero-order valence-electron chi connectivity index (χ0n) is 11.3. The van der Waals surface area contributed by atoms with Gasteiger partial charge in [-0.2, -0.15) is 0 Å². The molecule has 1 rings (SSSR count). The highest BCUT2D eigenvalue weighted by Gasteiger charge is 2.39. The third-order valence-corrected chi connectivity index (χ3v) is 3.39. The molecule has 0 bridgehead atoms. The number of carboxylic acid groups (broad SMARTS) is 1. The zero-order valence-corrected chi connectivity index (χ0v) is 11.3. The van der Waals surface area contributed by atoms with Crippen LogP contribution in [0, 0.1) is 5.92 Å². The van der Waals surface area contributed by atoms with E-state index in [1.807, 2.05) is 13.8 Å². The molecule has 1 aliphatic carbocycles. The molecule has 0 spiro atoms. The minimum atomic E-state index is -1.07. The average molecular weight is 256 g/mol. The van der Waals surface area contributed by atoms with E-state index in [2.05, 4.69) is 10.6 Å². The molecular formula is C13H24N2O3. The fourth-order valence-electron chi connectivity index (χ4n) is 2.28. The molecule has 1 aliphatic rings. The maximum Gasteiger partial charge on any atom is 0.329 e. The number of amides is 2. The van der Waals surface area contributed by atoms with Crippen LogP contribution >= 0.6 is 0 Å². The van der Waals surface area contributed by atoms with Crippen molar-refractivity contribution in [2.24, 2.45) is 5.92 Å². The van der Waals surface area contributed by atoms with Crippen LogP contribution in [0.15, 0.2) is 0 Å². The maximum atomic E-state index is 11.8. The second kappa shape index (κ2) is 6.61. The molecule has 5 nitrogen and oxygen atoms in total. The smallest absolute Gasteiger partial charge is 0.329 e. The third-order valence-electron chi connectivity index (χ3n) is 3.39. The molecule has 0 aromatic heterocycles. The van der Waals surface area contributed by atoms with Crippen LogP contribution in [0.3, 0.4) is 0 Å². The quantitative estimate of drug-likeness (QED) is 0.674. The minimum absolute atomic E-state index is 0.352. The summed E-state index contributed by atoms with van der Waals surface area (Å²) in [4.78, 5) is 23.2. The second-order valence-electron chi connectivity index (χ2n) is 5.53. The standard InChI is InChI=1S/C13H24N2O3/c1-10(2)9-14-12(18)15-13(11(16)17)7-5-3-4-6-8-13/h10H,3-9H2,1-2H3,(H,16,17)(H2,14,15,18). The van der Waals surface area contributed by atoms with Gasteiger partial charge in [0.15, 0.2) is 0 Å². The highest BCUT2D eigenvalue weighted by Crippen LogP contribution is 2.27. The Hall–Kier alpha value is -1.26. The summed E-state index contributed by atoms with van der Waals surface area (Å²) in [6.45, 7) is 4.55. The van der Waals surface area contributed by atoms with Crippen molar-refractivity contribution in [2.75, 3.05) is 6.54 Å². The van der Waals surface area contributed by atoms with Gasteiger partial charge in [0.25, 0.3) is 0 Å². The SMILES string of the molecule is CC(C)CNC(=O)NC1(C(=O)O)CCCCCC1. The number of carbonyl (C=O) groups is 2. The molecule has 0 heterocycles. The molecule has 0 aromatic rings. The molecule has 0 unspecified atom stereocenters. The molecule has 5 heteroatoms. The molecule has 18 heavy (non-hydrogen) atoms. The van der Waals surface area contributed by atoms with E-state index in [9.17, 15) is 14.7 Å². The van der Waals surface area contributed by atoms with Crippen LogP contribution in [0.4, 0.5) is 4.79 Å². The van der Waals surface area contributed by atoms with E-state index in [-0.39, 0.29) is 6.03 Å². The average Bonchev–Trinajstić information content (AvgIpc) is 2.53. The fourth-order valence-corrected chi connectivity index (χ4v) is 2.28. The van der Waals surface area contributed by atoms with E-state index >= 15 is 0 Å².